The fourth-order valence-electron chi connectivity index (χ4n) is 5.44. The number of carbonyl (C=O) groups is 1. The first kappa shape index (κ1) is 29.9. The van der Waals surface area contributed by atoms with Crippen LogP contribution < -0.4 is 19.5 Å². The monoisotopic (exact) mass is 618 g/mol. The van der Waals surface area contributed by atoms with E-state index in [2.05, 4.69) is 20.4 Å². The van der Waals surface area contributed by atoms with E-state index in [0.29, 0.717) is 30.0 Å². The molecule has 3 heterocycles. The van der Waals surface area contributed by atoms with Gasteiger partial charge in [-0.1, -0.05) is 30.3 Å². The van der Waals surface area contributed by atoms with Crippen LogP contribution in [-0.4, -0.2) is 65.0 Å². The molecule has 0 bridgehead atoms. The van der Waals surface area contributed by atoms with E-state index in [-0.39, 0.29) is 54.7 Å². The zero-order valence-corrected chi connectivity index (χ0v) is 25.0. The Morgan fingerprint density at radius 3 is 2.56 bits per heavy atom. The number of alkyl halides is 1. The number of hydrogen-bond donors (Lipinski definition) is 1. The van der Waals surface area contributed by atoms with Crippen LogP contribution in [0.5, 0.6) is 17.2 Å². The number of rotatable bonds is 9. The number of nitrogens with one attached hydrogen (secondary N) is 1. The highest BCUT2D eigenvalue weighted by molar-refractivity contribution is 5.96. The first-order valence-corrected chi connectivity index (χ1v) is 14.4. The van der Waals surface area contributed by atoms with Crippen LogP contribution in [0.25, 0.3) is 16.6 Å². The van der Waals surface area contributed by atoms with Crippen molar-refractivity contribution in [2.24, 2.45) is 0 Å². The minimum absolute atomic E-state index is 0.0706. The summed E-state index contributed by atoms with van der Waals surface area (Å²) >= 11 is 0. The van der Waals surface area contributed by atoms with Crippen molar-refractivity contribution in [1.29, 1.82) is 0 Å². The van der Waals surface area contributed by atoms with E-state index in [1.807, 2.05) is 36.4 Å². The SMILES string of the molecule is COc1ccc(CNc2nc3c(OC)cc(F)cc3c3nc([C@@]4(F)CCCN(C(=O)OCc5ccccc5)C4)nn23)c(OC)c1. The maximum absolute atomic E-state index is 16.7. The van der Waals surface area contributed by atoms with Crippen LogP contribution >= 0.6 is 0 Å². The number of likely N-dealkylation sites (tertiary alicyclic amines) is 1. The van der Waals surface area contributed by atoms with Gasteiger partial charge in [0.2, 0.25) is 5.95 Å². The molecule has 3 aromatic carbocycles. The fourth-order valence-corrected chi connectivity index (χ4v) is 5.44. The molecule has 1 amide bonds. The smallest absolute Gasteiger partial charge is 0.410 e. The van der Waals surface area contributed by atoms with Crippen molar-refractivity contribution < 1.29 is 32.5 Å². The van der Waals surface area contributed by atoms with Crippen molar-refractivity contribution in [2.45, 2.75) is 31.7 Å². The molecular weight excluding hydrogens is 586 g/mol. The zero-order chi connectivity index (χ0) is 31.6. The number of halogens is 2. The van der Waals surface area contributed by atoms with Gasteiger partial charge >= 0.3 is 6.09 Å². The van der Waals surface area contributed by atoms with Gasteiger partial charge in [-0.25, -0.2) is 23.5 Å². The van der Waals surface area contributed by atoms with E-state index in [4.69, 9.17) is 18.9 Å². The molecule has 1 aliphatic heterocycles. The van der Waals surface area contributed by atoms with Crippen LogP contribution in [0, 0.1) is 5.82 Å². The highest BCUT2D eigenvalue weighted by atomic mass is 19.1. The van der Waals surface area contributed by atoms with Gasteiger partial charge in [-0.2, -0.15) is 4.52 Å². The largest absolute Gasteiger partial charge is 0.497 e. The second-order valence-corrected chi connectivity index (χ2v) is 10.7. The number of hydrogen-bond acceptors (Lipinski definition) is 9. The summed E-state index contributed by atoms with van der Waals surface area (Å²) in [5.41, 5.74) is 0.0235. The van der Waals surface area contributed by atoms with Crippen LogP contribution in [-0.2, 0) is 23.6 Å². The third-order valence-electron chi connectivity index (χ3n) is 7.76. The number of amides is 1. The van der Waals surface area contributed by atoms with Gasteiger partial charge in [-0.05, 0) is 36.6 Å². The molecular formula is C32H32F2N6O5. The topological polar surface area (TPSA) is 112 Å². The van der Waals surface area contributed by atoms with Crippen LogP contribution in [0.2, 0.25) is 0 Å². The van der Waals surface area contributed by atoms with Gasteiger partial charge < -0.3 is 29.2 Å². The van der Waals surface area contributed by atoms with E-state index in [1.165, 1.54) is 28.7 Å². The Labute approximate surface area is 257 Å². The van der Waals surface area contributed by atoms with E-state index < -0.39 is 17.6 Å². The molecule has 0 radical (unpaired) electrons. The summed E-state index contributed by atoms with van der Waals surface area (Å²) < 4.78 is 54.4. The van der Waals surface area contributed by atoms with E-state index in [1.54, 1.807) is 26.4 Å². The first-order chi connectivity index (χ1) is 21.8. The quantitative estimate of drug-likeness (QED) is 0.224. The summed E-state index contributed by atoms with van der Waals surface area (Å²) in [7, 11) is 4.53. The minimum atomic E-state index is -2.09. The molecule has 1 aliphatic rings. The van der Waals surface area contributed by atoms with E-state index in [0.717, 1.165) is 11.1 Å². The summed E-state index contributed by atoms with van der Waals surface area (Å²) in [4.78, 5) is 23.5. The highest BCUT2D eigenvalue weighted by Gasteiger charge is 2.43. The third kappa shape index (κ3) is 5.97. The van der Waals surface area contributed by atoms with Gasteiger partial charge in [0.05, 0.1) is 33.3 Å². The van der Waals surface area contributed by atoms with Crippen LogP contribution in [0.1, 0.15) is 29.8 Å². The lowest BCUT2D eigenvalue weighted by Crippen LogP contribution is -2.47. The number of carbonyl (C=O) groups excluding carboxylic acids is 1. The zero-order valence-electron chi connectivity index (χ0n) is 25.0. The molecule has 0 saturated carbocycles. The lowest BCUT2D eigenvalue weighted by Gasteiger charge is -2.34. The van der Waals surface area contributed by atoms with Crippen molar-refractivity contribution in [3.8, 4) is 17.2 Å². The predicted molar refractivity (Wildman–Crippen MR) is 162 cm³/mol. The van der Waals surface area contributed by atoms with Crippen molar-refractivity contribution in [1.82, 2.24) is 24.5 Å². The van der Waals surface area contributed by atoms with Crippen LogP contribution in [0.4, 0.5) is 19.5 Å². The normalized spacial score (nSPS) is 16.5. The lowest BCUT2D eigenvalue weighted by molar-refractivity contribution is 0.0225. The number of nitrogens with zero attached hydrogens (tertiary/aromatic N) is 5. The molecule has 234 valence electrons. The van der Waals surface area contributed by atoms with Crippen molar-refractivity contribution in [3.63, 3.8) is 0 Å². The summed E-state index contributed by atoms with van der Waals surface area (Å²) in [6.07, 6.45) is -0.170. The summed E-state index contributed by atoms with van der Waals surface area (Å²) in [6, 6.07) is 17.1. The predicted octanol–water partition coefficient (Wildman–Crippen LogP) is 5.65. The molecule has 1 N–H and O–H groups in total. The number of methoxy groups -OCH3 is 3. The molecule has 5 aromatic rings. The third-order valence-corrected chi connectivity index (χ3v) is 7.76. The summed E-state index contributed by atoms with van der Waals surface area (Å²) in [5.74, 6) is 0.900. The second-order valence-electron chi connectivity index (χ2n) is 10.7. The van der Waals surface area contributed by atoms with E-state index in [9.17, 15) is 9.18 Å². The molecule has 45 heavy (non-hydrogen) atoms. The highest BCUT2D eigenvalue weighted by Crippen LogP contribution is 2.37. The Kier molecular flexibility index (Phi) is 8.24. The Balaban J connectivity index is 1.35. The standard InChI is InChI=1S/C32H32F2N6O5/c1-42-23-11-10-21(25(16-23)43-2)17-35-30-36-27-24(14-22(33)15-26(27)44-3)28-37-29(38-40(28)30)32(34)12-7-13-39(19-32)31(41)45-18-20-8-5-4-6-9-20/h4-6,8-11,14-16H,7,12-13,17-19H2,1-3H3,(H,35,36)/t32-/m1/s1. The number of ether oxygens (including phenoxy) is 4. The molecule has 0 unspecified atom stereocenters. The molecule has 1 fully saturated rings. The summed E-state index contributed by atoms with van der Waals surface area (Å²) in [5, 5.41) is 8.05. The maximum Gasteiger partial charge on any atom is 0.410 e. The fraction of sp³-hybridized carbons (Fsp3) is 0.312. The molecule has 0 aliphatic carbocycles. The Hall–Kier alpha value is -5.20. The Morgan fingerprint density at radius 1 is 1.00 bits per heavy atom. The maximum atomic E-state index is 16.7. The number of benzene rings is 3. The second kappa shape index (κ2) is 12.4. The Morgan fingerprint density at radius 2 is 1.80 bits per heavy atom. The van der Waals surface area contributed by atoms with Gasteiger partial charge in [0, 0.05) is 30.8 Å². The van der Waals surface area contributed by atoms with Crippen molar-refractivity contribution in [2.75, 3.05) is 39.7 Å². The first-order valence-electron chi connectivity index (χ1n) is 14.4. The summed E-state index contributed by atoms with van der Waals surface area (Å²) in [6.45, 7) is 0.352. The average molecular weight is 619 g/mol. The molecule has 1 saturated heterocycles. The van der Waals surface area contributed by atoms with Gasteiger partial charge in [0.25, 0.3) is 0 Å². The molecule has 6 rings (SSSR count). The molecule has 0 spiro atoms. The number of fused-ring (bicyclic) bond motifs is 3. The number of aromatic nitrogens is 4. The number of anilines is 1. The van der Waals surface area contributed by atoms with Crippen molar-refractivity contribution >= 4 is 28.6 Å². The van der Waals surface area contributed by atoms with Crippen LogP contribution in [0.3, 0.4) is 0 Å². The van der Waals surface area contributed by atoms with Gasteiger partial charge in [0.15, 0.2) is 17.1 Å². The average Bonchev–Trinajstić information content (AvgIpc) is 3.54. The molecule has 1 atom stereocenters. The van der Waals surface area contributed by atoms with Gasteiger partial charge in [-0.15, -0.1) is 5.10 Å². The van der Waals surface area contributed by atoms with Crippen molar-refractivity contribution in [3.05, 3.63) is 83.4 Å². The lowest BCUT2D eigenvalue weighted by atomic mass is 9.94. The van der Waals surface area contributed by atoms with Gasteiger partial charge in [0.1, 0.15) is 35.2 Å². The van der Waals surface area contributed by atoms with Crippen LogP contribution in [0.15, 0.2) is 60.7 Å². The minimum Gasteiger partial charge on any atom is -0.497 e. The molecule has 13 heteroatoms. The Bertz CT molecular complexity index is 1850. The van der Waals surface area contributed by atoms with Gasteiger partial charge in [-0.3, -0.25) is 0 Å². The number of piperidine rings is 1. The molecule has 2 aromatic heterocycles. The molecule has 11 nitrogen and oxygen atoms in total. The van der Waals surface area contributed by atoms with E-state index >= 15 is 4.39 Å².